The maximum Gasteiger partial charge on any atom is 0.159 e. The Morgan fingerprint density at radius 3 is 2.63 bits per heavy atom. The zero-order valence-electron chi connectivity index (χ0n) is 17.6. The van der Waals surface area contributed by atoms with Gasteiger partial charge in [0.2, 0.25) is 0 Å². The van der Waals surface area contributed by atoms with Crippen LogP contribution in [0.3, 0.4) is 0 Å². The summed E-state index contributed by atoms with van der Waals surface area (Å²) in [5.41, 5.74) is 1.80. The average molecular weight is 405 g/mol. The molecule has 156 valence electrons. The summed E-state index contributed by atoms with van der Waals surface area (Å²) in [6.07, 6.45) is 7.02. The zero-order chi connectivity index (χ0) is 20.9. The number of rotatable bonds is 6. The molecule has 2 fully saturated rings. The van der Waals surface area contributed by atoms with Gasteiger partial charge in [0.15, 0.2) is 5.82 Å². The van der Waals surface area contributed by atoms with E-state index in [9.17, 15) is 5.11 Å². The van der Waals surface area contributed by atoms with Crippen molar-refractivity contribution in [3.05, 3.63) is 42.4 Å². The van der Waals surface area contributed by atoms with Crippen molar-refractivity contribution in [1.82, 2.24) is 19.7 Å². The Balaban J connectivity index is 1.47. The molecule has 3 aromatic rings. The lowest BCUT2D eigenvalue weighted by Gasteiger charge is -2.45. The van der Waals surface area contributed by atoms with Gasteiger partial charge in [-0.1, -0.05) is 18.6 Å². The molecule has 0 unspecified atom stereocenters. The minimum Gasteiger partial charge on any atom is -0.390 e. The van der Waals surface area contributed by atoms with Crippen LogP contribution in [0.5, 0.6) is 0 Å². The molecule has 0 atom stereocenters. The number of aliphatic hydroxyl groups is 1. The number of aliphatic imine (C=N–C) groups is 1. The summed E-state index contributed by atoms with van der Waals surface area (Å²) in [7, 11) is 0. The first-order valence-electron chi connectivity index (χ1n) is 10.6. The molecule has 1 N–H and O–H groups in total. The Kier molecular flexibility index (Phi) is 4.39. The third-order valence-corrected chi connectivity index (χ3v) is 6.97. The number of nitrogens with zero attached hydrogens (tertiary/aromatic N) is 6. The van der Waals surface area contributed by atoms with E-state index in [0.717, 1.165) is 55.0 Å². The van der Waals surface area contributed by atoms with Gasteiger partial charge in [-0.25, -0.2) is 14.6 Å². The molecule has 1 saturated carbocycles. The second-order valence-corrected chi connectivity index (χ2v) is 9.34. The van der Waals surface area contributed by atoms with Crippen molar-refractivity contribution >= 4 is 23.4 Å². The van der Waals surface area contributed by atoms with Gasteiger partial charge in [0.05, 0.1) is 17.3 Å². The van der Waals surface area contributed by atoms with Crippen LogP contribution in [0.1, 0.15) is 38.7 Å². The lowest BCUT2D eigenvalue weighted by molar-refractivity contribution is 0.00438. The molecule has 2 aromatic heterocycles. The Morgan fingerprint density at radius 1 is 1.20 bits per heavy atom. The van der Waals surface area contributed by atoms with Gasteiger partial charge in [-0.15, -0.1) is 0 Å². The van der Waals surface area contributed by atoms with E-state index in [1.807, 2.05) is 30.8 Å². The van der Waals surface area contributed by atoms with Crippen LogP contribution < -0.4 is 4.90 Å². The van der Waals surface area contributed by atoms with Crippen molar-refractivity contribution in [3.8, 4) is 5.82 Å². The predicted octanol–water partition coefficient (Wildman–Crippen LogP) is 3.14. The molecule has 5 rings (SSSR count). The van der Waals surface area contributed by atoms with Crippen LogP contribution >= 0.6 is 0 Å². The van der Waals surface area contributed by atoms with Gasteiger partial charge in [0.25, 0.3) is 0 Å². The fraction of sp³-hybridized carbons (Fsp3) is 0.478. The summed E-state index contributed by atoms with van der Waals surface area (Å²) >= 11 is 0. The molecule has 1 aliphatic carbocycles. The van der Waals surface area contributed by atoms with E-state index in [0.29, 0.717) is 0 Å². The molecule has 1 aliphatic heterocycles. The molecular formula is C23H28N6O. The molecule has 7 nitrogen and oxygen atoms in total. The van der Waals surface area contributed by atoms with Crippen molar-refractivity contribution < 1.29 is 5.11 Å². The molecule has 1 aromatic carbocycles. The van der Waals surface area contributed by atoms with Crippen LogP contribution in [0.4, 0.5) is 5.82 Å². The van der Waals surface area contributed by atoms with Crippen LogP contribution in [0.25, 0.3) is 16.7 Å². The minimum atomic E-state index is -0.668. The maximum atomic E-state index is 10.2. The van der Waals surface area contributed by atoms with Crippen molar-refractivity contribution in [2.75, 3.05) is 24.5 Å². The van der Waals surface area contributed by atoms with Crippen molar-refractivity contribution in [3.63, 3.8) is 0 Å². The van der Waals surface area contributed by atoms with Gasteiger partial charge < -0.3 is 15.0 Å². The quantitative estimate of drug-likeness (QED) is 0.639. The average Bonchev–Trinajstić information content (AvgIpc) is 3.06. The fourth-order valence-electron chi connectivity index (χ4n) is 4.62. The first-order valence-corrected chi connectivity index (χ1v) is 10.6. The van der Waals surface area contributed by atoms with Crippen molar-refractivity contribution in [2.24, 2.45) is 10.9 Å². The molecule has 7 heteroatoms. The Hall–Kier alpha value is -2.80. The van der Waals surface area contributed by atoms with E-state index in [4.69, 9.17) is 0 Å². The third-order valence-electron chi connectivity index (χ3n) is 6.97. The van der Waals surface area contributed by atoms with Gasteiger partial charge in [-0.2, -0.15) is 5.10 Å². The number of anilines is 1. The molecule has 0 amide bonds. The Bertz CT molecular complexity index is 1090. The molecule has 0 bridgehead atoms. The van der Waals surface area contributed by atoms with Gasteiger partial charge in [-0.05, 0) is 45.0 Å². The highest BCUT2D eigenvalue weighted by Crippen LogP contribution is 2.44. The Labute approximate surface area is 176 Å². The van der Waals surface area contributed by atoms with Crippen LogP contribution in [-0.4, -0.2) is 56.8 Å². The number of hydrogen-bond acceptors (Lipinski definition) is 6. The fourth-order valence-corrected chi connectivity index (χ4v) is 4.62. The normalized spacial score (nSPS) is 18.8. The second-order valence-electron chi connectivity index (χ2n) is 9.34. The van der Waals surface area contributed by atoms with Gasteiger partial charge >= 0.3 is 0 Å². The molecule has 0 spiro atoms. The first kappa shape index (κ1) is 19.2. The molecule has 30 heavy (non-hydrogen) atoms. The van der Waals surface area contributed by atoms with Gasteiger partial charge in [0, 0.05) is 42.4 Å². The number of fused-ring (bicyclic) bond motifs is 1. The second kappa shape index (κ2) is 6.87. The highest BCUT2D eigenvalue weighted by Gasteiger charge is 2.39. The van der Waals surface area contributed by atoms with Gasteiger partial charge in [-0.3, -0.25) is 0 Å². The van der Waals surface area contributed by atoms with E-state index in [2.05, 4.69) is 49.9 Å². The molecule has 1 saturated heterocycles. The summed E-state index contributed by atoms with van der Waals surface area (Å²) in [4.78, 5) is 15.3. The summed E-state index contributed by atoms with van der Waals surface area (Å²) < 4.78 is 1.89. The topological polar surface area (TPSA) is 79.4 Å². The van der Waals surface area contributed by atoms with Gasteiger partial charge in [0.1, 0.15) is 12.1 Å². The maximum absolute atomic E-state index is 10.2. The van der Waals surface area contributed by atoms with Crippen molar-refractivity contribution in [1.29, 1.82) is 0 Å². The number of hydrogen-bond donors (Lipinski definition) is 1. The summed E-state index contributed by atoms with van der Waals surface area (Å²) in [5.74, 6) is 1.87. The Morgan fingerprint density at radius 2 is 1.97 bits per heavy atom. The molecule has 2 aliphatic rings. The lowest BCUT2D eigenvalue weighted by atomic mass is 9.64. The zero-order valence-corrected chi connectivity index (χ0v) is 17.6. The molecule has 3 heterocycles. The van der Waals surface area contributed by atoms with E-state index >= 15 is 0 Å². The van der Waals surface area contributed by atoms with Crippen LogP contribution in [0.2, 0.25) is 0 Å². The first-order chi connectivity index (χ1) is 14.4. The van der Waals surface area contributed by atoms with E-state index in [1.54, 1.807) is 6.33 Å². The standard InChI is InChI=1S/C23H28N6O/c1-22(2,30)18-12-28(13-18)20-10-21(26-15-25-20)29-19-9-17(6-5-16(19)11-27-29)23(14-24-3)7-4-8-23/h5-6,9-11,15,18,30H,3-4,7-8,12-14H2,1-2H3. The minimum absolute atomic E-state index is 0.117. The van der Waals surface area contributed by atoms with Crippen LogP contribution in [-0.2, 0) is 5.41 Å². The highest BCUT2D eigenvalue weighted by molar-refractivity contribution is 5.81. The number of benzene rings is 1. The summed E-state index contributed by atoms with van der Waals surface area (Å²) in [6.45, 7) is 9.81. The molecular weight excluding hydrogens is 376 g/mol. The predicted molar refractivity (Wildman–Crippen MR) is 119 cm³/mol. The highest BCUT2D eigenvalue weighted by atomic mass is 16.3. The third kappa shape index (κ3) is 3.08. The van der Waals surface area contributed by atoms with E-state index < -0.39 is 5.60 Å². The monoisotopic (exact) mass is 404 g/mol. The van der Waals surface area contributed by atoms with Crippen molar-refractivity contribution in [2.45, 2.75) is 44.1 Å². The molecule has 0 radical (unpaired) electrons. The summed E-state index contributed by atoms with van der Waals surface area (Å²) in [5, 5.41) is 15.9. The van der Waals surface area contributed by atoms with Crippen LogP contribution in [0.15, 0.2) is 41.8 Å². The lowest BCUT2D eigenvalue weighted by Crippen LogP contribution is -2.56. The SMILES string of the molecule is C=NCC1(c2ccc3cnn(-c4cc(N5CC(C(C)(C)O)C5)ncn4)c3c2)CCC1. The van der Waals surface area contributed by atoms with E-state index in [1.165, 1.54) is 12.0 Å². The number of aromatic nitrogens is 4. The van der Waals surface area contributed by atoms with E-state index in [-0.39, 0.29) is 11.3 Å². The smallest absolute Gasteiger partial charge is 0.159 e. The largest absolute Gasteiger partial charge is 0.390 e. The summed E-state index contributed by atoms with van der Waals surface area (Å²) in [6, 6.07) is 8.57. The van der Waals surface area contributed by atoms with Crippen LogP contribution in [0, 0.1) is 5.92 Å².